The highest BCUT2D eigenvalue weighted by molar-refractivity contribution is 5.79. The molecule has 0 aliphatic rings. The second-order valence-electron chi connectivity index (χ2n) is 5.38. The molecule has 112 valence electrons. The molecule has 21 heavy (non-hydrogen) atoms. The molecule has 2 rings (SSSR count). The van der Waals surface area contributed by atoms with Crippen LogP contribution in [0.15, 0.2) is 22.6 Å². The molecule has 1 aromatic heterocycles. The molecule has 0 spiro atoms. The standard InChI is InChI=1S/C14H18N4O3/c1-9(6-10(2)15)8-17(3)14-16-12-7-11(18(19)20)4-5-13(12)21-14/h4-5,7,9,15H,6,8H2,1-3H3. The van der Waals surface area contributed by atoms with Gasteiger partial charge >= 0.3 is 0 Å². The molecule has 0 bridgehead atoms. The van der Waals surface area contributed by atoms with Crippen LogP contribution in [0, 0.1) is 21.4 Å². The number of nitro benzene ring substituents is 1. The van der Waals surface area contributed by atoms with E-state index in [1.165, 1.54) is 12.1 Å². The molecule has 1 unspecified atom stereocenters. The fourth-order valence-electron chi connectivity index (χ4n) is 2.31. The van der Waals surface area contributed by atoms with E-state index in [2.05, 4.69) is 11.9 Å². The van der Waals surface area contributed by atoms with Crippen molar-refractivity contribution in [1.82, 2.24) is 4.98 Å². The van der Waals surface area contributed by atoms with Gasteiger partial charge in [-0.1, -0.05) is 6.92 Å². The van der Waals surface area contributed by atoms with Gasteiger partial charge in [-0.05, 0) is 25.3 Å². The van der Waals surface area contributed by atoms with Crippen molar-refractivity contribution < 1.29 is 9.34 Å². The Morgan fingerprint density at radius 2 is 2.29 bits per heavy atom. The van der Waals surface area contributed by atoms with Crippen molar-refractivity contribution in [3.8, 4) is 0 Å². The van der Waals surface area contributed by atoms with E-state index in [0.717, 1.165) is 6.42 Å². The Morgan fingerprint density at radius 1 is 1.57 bits per heavy atom. The zero-order valence-electron chi connectivity index (χ0n) is 12.3. The van der Waals surface area contributed by atoms with Gasteiger partial charge in [-0.15, -0.1) is 0 Å². The molecule has 0 amide bonds. The van der Waals surface area contributed by atoms with Crippen LogP contribution in [-0.4, -0.2) is 29.2 Å². The minimum absolute atomic E-state index is 0.00204. The first-order chi connectivity index (χ1) is 9.86. The predicted molar refractivity (Wildman–Crippen MR) is 81.1 cm³/mol. The van der Waals surface area contributed by atoms with Gasteiger partial charge in [0.1, 0.15) is 5.52 Å². The summed E-state index contributed by atoms with van der Waals surface area (Å²) in [5, 5.41) is 18.3. The largest absolute Gasteiger partial charge is 0.423 e. The third kappa shape index (κ3) is 3.56. The Bertz CT molecular complexity index is 680. The minimum atomic E-state index is -0.452. The monoisotopic (exact) mass is 290 g/mol. The summed E-state index contributed by atoms with van der Waals surface area (Å²) in [5.41, 5.74) is 1.64. The Hall–Kier alpha value is -2.44. The van der Waals surface area contributed by atoms with Crippen LogP contribution in [-0.2, 0) is 0 Å². The molecule has 0 saturated heterocycles. The number of hydrogen-bond donors (Lipinski definition) is 1. The van der Waals surface area contributed by atoms with Crippen LogP contribution in [0.5, 0.6) is 0 Å². The Balaban J connectivity index is 2.18. The Labute approximate surface area is 122 Å². The Kier molecular flexibility index (Phi) is 4.21. The van der Waals surface area contributed by atoms with E-state index in [0.29, 0.717) is 35.3 Å². The molecule has 1 aromatic carbocycles. The van der Waals surface area contributed by atoms with Gasteiger partial charge < -0.3 is 14.7 Å². The third-order valence-corrected chi connectivity index (χ3v) is 3.14. The lowest BCUT2D eigenvalue weighted by atomic mass is 10.1. The highest BCUT2D eigenvalue weighted by Crippen LogP contribution is 2.25. The van der Waals surface area contributed by atoms with Crippen LogP contribution in [0.2, 0.25) is 0 Å². The fourth-order valence-corrected chi connectivity index (χ4v) is 2.31. The SMILES string of the molecule is CC(=N)CC(C)CN(C)c1nc2cc([N+](=O)[O-])ccc2o1. The third-order valence-electron chi connectivity index (χ3n) is 3.14. The summed E-state index contributed by atoms with van der Waals surface area (Å²) in [4.78, 5) is 16.4. The average Bonchev–Trinajstić information content (AvgIpc) is 2.80. The summed E-state index contributed by atoms with van der Waals surface area (Å²) in [6, 6.07) is 4.79. The summed E-state index contributed by atoms with van der Waals surface area (Å²) in [6.45, 7) is 4.54. The van der Waals surface area contributed by atoms with Crippen LogP contribution in [0.3, 0.4) is 0 Å². The highest BCUT2D eigenvalue weighted by atomic mass is 16.6. The lowest BCUT2D eigenvalue weighted by molar-refractivity contribution is -0.384. The maximum Gasteiger partial charge on any atom is 0.298 e. The fraction of sp³-hybridized carbons (Fsp3) is 0.429. The molecule has 0 saturated carbocycles. The number of anilines is 1. The van der Waals surface area contributed by atoms with Crippen LogP contribution in [0.1, 0.15) is 20.3 Å². The van der Waals surface area contributed by atoms with Gasteiger partial charge in [-0.25, -0.2) is 0 Å². The normalized spacial score (nSPS) is 12.3. The van der Waals surface area contributed by atoms with Gasteiger partial charge in [0.25, 0.3) is 11.7 Å². The second-order valence-corrected chi connectivity index (χ2v) is 5.38. The molecule has 0 fully saturated rings. The number of rotatable bonds is 6. The first kappa shape index (κ1) is 15.0. The van der Waals surface area contributed by atoms with Crippen molar-refractivity contribution in [2.24, 2.45) is 5.92 Å². The van der Waals surface area contributed by atoms with E-state index < -0.39 is 4.92 Å². The van der Waals surface area contributed by atoms with Crippen molar-refractivity contribution >= 4 is 28.5 Å². The molecule has 1 heterocycles. The van der Waals surface area contributed by atoms with E-state index in [1.807, 2.05) is 11.9 Å². The number of nitro groups is 1. The number of hydrogen-bond acceptors (Lipinski definition) is 6. The van der Waals surface area contributed by atoms with E-state index in [4.69, 9.17) is 9.83 Å². The maximum atomic E-state index is 10.8. The quantitative estimate of drug-likeness (QED) is 0.500. The minimum Gasteiger partial charge on any atom is -0.423 e. The van der Waals surface area contributed by atoms with Crippen molar-refractivity contribution in [3.05, 3.63) is 28.3 Å². The molecule has 1 atom stereocenters. The van der Waals surface area contributed by atoms with Gasteiger partial charge in [0.2, 0.25) is 0 Å². The van der Waals surface area contributed by atoms with Crippen molar-refractivity contribution in [3.63, 3.8) is 0 Å². The van der Waals surface area contributed by atoms with Gasteiger partial charge in [0.05, 0.1) is 4.92 Å². The molecule has 7 heteroatoms. The average molecular weight is 290 g/mol. The summed E-state index contributed by atoms with van der Waals surface area (Å²) in [5.74, 6) is 0.303. The van der Waals surface area contributed by atoms with E-state index in [1.54, 1.807) is 13.0 Å². The second kappa shape index (κ2) is 5.90. The van der Waals surface area contributed by atoms with Crippen LogP contribution in [0.25, 0.3) is 11.1 Å². The van der Waals surface area contributed by atoms with Crippen molar-refractivity contribution in [1.29, 1.82) is 5.41 Å². The summed E-state index contributed by atoms with van der Waals surface area (Å²) in [7, 11) is 1.86. The summed E-state index contributed by atoms with van der Waals surface area (Å²) < 4.78 is 5.61. The number of nitrogens with one attached hydrogen (secondary N) is 1. The molecule has 0 aliphatic heterocycles. The van der Waals surface area contributed by atoms with Gasteiger partial charge in [-0.2, -0.15) is 4.98 Å². The van der Waals surface area contributed by atoms with Crippen LogP contribution >= 0.6 is 0 Å². The summed E-state index contributed by atoms with van der Waals surface area (Å²) in [6.07, 6.45) is 0.718. The molecule has 2 aromatic rings. The number of fused-ring (bicyclic) bond motifs is 1. The first-order valence-corrected chi connectivity index (χ1v) is 6.67. The Morgan fingerprint density at radius 3 is 2.90 bits per heavy atom. The van der Waals surface area contributed by atoms with Crippen LogP contribution < -0.4 is 4.90 Å². The number of oxazole rings is 1. The molecule has 0 aliphatic carbocycles. The number of benzene rings is 1. The van der Waals surface area contributed by atoms with Gasteiger partial charge in [0.15, 0.2) is 5.58 Å². The summed E-state index contributed by atoms with van der Waals surface area (Å²) >= 11 is 0. The van der Waals surface area contributed by atoms with E-state index >= 15 is 0 Å². The van der Waals surface area contributed by atoms with E-state index in [9.17, 15) is 10.1 Å². The number of nitrogens with zero attached hydrogens (tertiary/aromatic N) is 3. The lowest BCUT2D eigenvalue weighted by Gasteiger charge is -2.19. The highest BCUT2D eigenvalue weighted by Gasteiger charge is 2.16. The molecule has 0 radical (unpaired) electrons. The molecule has 7 nitrogen and oxygen atoms in total. The van der Waals surface area contributed by atoms with Crippen molar-refractivity contribution in [2.45, 2.75) is 20.3 Å². The van der Waals surface area contributed by atoms with Crippen molar-refractivity contribution in [2.75, 3.05) is 18.5 Å². The van der Waals surface area contributed by atoms with Gasteiger partial charge in [0, 0.05) is 31.4 Å². The number of non-ortho nitro benzene ring substituents is 1. The zero-order chi connectivity index (χ0) is 15.6. The smallest absolute Gasteiger partial charge is 0.298 e. The first-order valence-electron chi connectivity index (χ1n) is 6.67. The number of aromatic nitrogens is 1. The molecule has 1 N–H and O–H groups in total. The van der Waals surface area contributed by atoms with Gasteiger partial charge in [-0.3, -0.25) is 10.1 Å². The lowest BCUT2D eigenvalue weighted by Crippen LogP contribution is -2.25. The maximum absolute atomic E-state index is 10.8. The van der Waals surface area contributed by atoms with E-state index in [-0.39, 0.29) is 5.69 Å². The molecular weight excluding hydrogens is 272 g/mol. The van der Waals surface area contributed by atoms with Crippen LogP contribution in [0.4, 0.5) is 11.7 Å². The zero-order valence-corrected chi connectivity index (χ0v) is 12.3. The predicted octanol–water partition coefficient (Wildman–Crippen LogP) is 3.24. The topological polar surface area (TPSA) is 96.3 Å². The molecular formula is C14H18N4O3.